The van der Waals surface area contributed by atoms with Crippen molar-refractivity contribution in [3.63, 3.8) is 0 Å². The zero-order chi connectivity index (χ0) is 12.9. The van der Waals surface area contributed by atoms with Crippen molar-refractivity contribution in [2.45, 2.75) is 38.5 Å². The van der Waals surface area contributed by atoms with Gasteiger partial charge in [-0.3, -0.25) is 4.79 Å². The molecule has 0 aliphatic heterocycles. The summed E-state index contributed by atoms with van der Waals surface area (Å²) in [5.74, 6) is 1.77. The highest BCUT2D eigenvalue weighted by atomic mass is 16.5. The Hall–Kier alpha value is -1.31. The predicted molar refractivity (Wildman–Crippen MR) is 71.2 cm³/mol. The maximum Gasteiger partial charge on any atom is 0.170 e. The fourth-order valence-electron chi connectivity index (χ4n) is 4.02. The van der Waals surface area contributed by atoms with E-state index in [0.717, 1.165) is 17.7 Å². The molecule has 2 heteroatoms. The highest BCUT2D eigenvalue weighted by molar-refractivity contribution is 6.03. The molecule has 1 saturated carbocycles. The average Bonchev–Trinajstić information content (AvgIpc) is 2.86. The fraction of sp³-hybridized carbons (Fsp3) is 0.562. The standard InChI is InChI=1S/C16H20O2/c1-16(2)11-7-4-6-10(11)15(17)14-12(16)8-5-9-13(14)18-3/h5,8-11H,4,6-7H2,1-3H3/t10-,11-/m1/s1. The third-order valence-electron chi connectivity index (χ3n) is 4.97. The van der Waals surface area contributed by atoms with E-state index >= 15 is 0 Å². The molecule has 2 aliphatic carbocycles. The molecule has 18 heavy (non-hydrogen) atoms. The molecule has 0 heterocycles. The van der Waals surface area contributed by atoms with Crippen molar-refractivity contribution in [1.29, 1.82) is 0 Å². The normalized spacial score (nSPS) is 28.7. The van der Waals surface area contributed by atoms with Gasteiger partial charge in [0.25, 0.3) is 0 Å². The van der Waals surface area contributed by atoms with Gasteiger partial charge in [0.15, 0.2) is 5.78 Å². The Labute approximate surface area is 108 Å². The molecule has 3 rings (SSSR count). The lowest BCUT2D eigenvalue weighted by Gasteiger charge is -2.41. The van der Waals surface area contributed by atoms with E-state index in [1.54, 1.807) is 7.11 Å². The number of ether oxygens (including phenoxy) is 1. The maximum atomic E-state index is 12.7. The third-order valence-corrected chi connectivity index (χ3v) is 4.97. The molecule has 2 aliphatic rings. The lowest BCUT2D eigenvalue weighted by molar-refractivity contribution is 0.0813. The molecule has 1 aromatic rings. The van der Waals surface area contributed by atoms with Crippen molar-refractivity contribution in [2.24, 2.45) is 11.8 Å². The molecule has 0 saturated heterocycles. The quantitative estimate of drug-likeness (QED) is 0.754. The van der Waals surface area contributed by atoms with Crippen LogP contribution in [0.5, 0.6) is 5.75 Å². The van der Waals surface area contributed by atoms with Gasteiger partial charge in [0.05, 0.1) is 12.7 Å². The van der Waals surface area contributed by atoms with E-state index in [1.807, 2.05) is 12.1 Å². The minimum absolute atomic E-state index is 0.0823. The first kappa shape index (κ1) is 11.8. The summed E-state index contributed by atoms with van der Waals surface area (Å²) < 4.78 is 5.40. The van der Waals surface area contributed by atoms with Crippen LogP contribution in [0.1, 0.15) is 49.0 Å². The number of benzene rings is 1. The molecule has 0 aromatic heterocycles. The molecule has 0 unspecified atom stereocenters. The second kappa shape index (κ2) is 3.84. The Kier molecular flexibility index (Phi) is 2.51. The van der Waals surface area contributed by atoms with Gasteiger partial charge in [0.1, 0.15) is 5.75 Å². The Morgan fingerprint density at radius 3 is 2.78 bits per heavy atom. The van der Waals surface area contributed by atoms with Gasteiger partial charge in [0.2, 0.25) is 0 Å². The first-order chi connectivity index (χ1) is 8.57. The summed E-state index contributed by atoms with van der Waals surface area (Å²) >= 11 is 0. The Bertz CT molecular complexity index is 502. The number of fused-ring (bicyclic) bond motifs is 2. The van der Waals surface area contributed by atoms with Crippen LogP contribution in [0.2, 0.25) is 0 Å². The number of hydrogen-bond acceptors (Lipinski definition) is 2. The molecule has 1 fully saturated rings. The van der Waals surface area contributed by atoms with Crippen LogP contribution in [0.3, 0.4) is 0 Å². The van der Waals surface area contributed by atoms with Crippen molar-refractivity contribution in [3.05, 3.63) is 29.3 Å². The van der Waals surface area contributed by atoms with Gasteiger partial charge in [-0.15, -0.1) is 0 Å². The summed E-state index contributed by atoms with van der Waals surface area (Å²) in [6, 6.07) is 6.01. The fourth-order valence-corrected chi connectivity index (χ4v) is 4.02. The zero-order valence-corrected chi connectivity index (χ0v) is 11.3. The third kappa shape index (κ3) is 1.38. The van der Waals surface area contributed by atoms with Gasteiger partial charge in [0, 0.05) is 5.92 Å². The van der Waals surface area contributed by atoms with Crippen LogP contribution < -0.4 is 4.74 Å². The van der Waals surface area contributed by atoms with Crippen LogP contribution >= 0.6 is 0 Å². The van der Waals surface area contributed by atoms with Crippen molar-refractivity contribution in [2.75, 3.05) is 7.11 Å². The van der Waals surface area contributed by atoms with Gasteiger partial charge < -0.3 is 4.74 Å². The van der Waals surface area contributed by atoms with E-state index in [1.165, 1.54) is 18.4 Å². The van der Waals surface area contributed by atoms with E-state index in [2.05, 4.69) is 19.9 Å². The van der Waals surface area contributed by atoms with E-state index in [4.69, 9.17) is 4.74 Å². The van der Waals surface area contributed by atoms with Crippen LogP contribution in [0, 0.1) is 11.8 Å². The summed E-state index contributed by atoms with van der Waals surface area (Å²) in [6.45, 7) is 4.56. The van der Waals surface area contributed by atoms with Gasteiger partial charge in [-0.2, -0.15) is 0 Å². The largest absolute Gasteiger partial charge is 0.496 e. The van der Waals surface area contributed by atoms with E-state index in [-0.39, 0.29) is 11.3 Å². The first-order valence-corrected chi connectivity index (χ1v) is 6.79. The van der Waals surface area contributed by atoms with E-state index < -0.39 is 0 Å². The van der Waals surface area contributed by atoms with Crippen LogP contribution in [-0.2, 0) is 5.41 Å². The second-order valence-electron chi connectivity index (χ2n) is 6.11. The maximum absolute atomic E-state index is 12.7. The van der Waals surface area contributed by atoms with E-state index in [0.29, 0.717) is 11.7 Å². The number of rotatable bonds is 1. The number of Topliss-reactive ketones (excluding diaryl/α,β-unsaturated/α-hetero) is 1. The monoisotopic (exact) mass is 244 g/mol. The molecule has 2 nitrogen and oxygen atoms in total. The molecule has 2 atom stereocenters. The van der Waals surface area contributed by atoms with Crippen LogP contribution in [-0.4, -0.2) is 12.9 Å². The highest BCUT2D eigenvalue weighted by Gasteiger charge is 2.49. The van der Waals surface area contributed by atoms with Crippen LogP contribution in [0.4, 0.5) is 0 Å². The number of hydrogen-bond donors (Lipinski definition) is 0. The number of ketones is 1. The lowest BCUT2D eigenvalue weighted by atomic mass is 9.61. The Balaban J connectivity index is 2.24. The van der Waals surface area contributed by atoms with Gasteiger partial charge in [-0.05, 0) is 35.8 Å². The van der Waals surface area contributed by atoms with Gasteiger partial charge in [-0.1, -0.05) is 32.4 Å². The number of methoxy groups -OCH3 is 1. The number of carbonyl (C=O) groups is 1. The minimum Gasteiger partial charge on any atom is -0.496 e. The summed E-state index contributed by atoms with van der Waals surface area (Å²) in [6.07, 6.45) is 3.41. The molecule has 0 radical (unpaired) electrons. The topological polar surface area (TPSA) is 26.3 Å². The molecule has 0 N–H and O–H groups in total. The SMILES string of the molecule is COc1cccc2c1C(=O)[C@@H]1CCC[C@H]1C2(C)C. The smallest absolute Gasteiger partial charge is 0.170 e. The van der Waals surface area contributed by atoms with Crippen molar-refractivity contribution in [1.82, 2.24) is 0 Å². The summed E-state index contributed by atoms with van der Waals surface area (Å²) in [4.78, 5) is 12.7. The summed E-state index contributed by atoms with van der Waals surface area (Å²) in [5.41, 5.74) is 2.10. The van der Waals surface area contributed by atoms with Gasteiger partial charge >= 0.3 is 0 Å². The Morgan fingerprint density at radius 2 is 2.06 bits per heavy atom. The van der Waals surface area contributed by atoms with Crippen LogP contribution in [0.25, 0.3) is 0 Å². The average molecular weight is 244 g/mol. The first-order valence-electron chi connectivity index (χ1n) is 6.79. The lowest BCUT2D eigenvalue weighted by Crippen LogP contribution is -2.41. The molecule has 1 aromatic carbocycles. The van der Waals surface area contributed by atoms with Crippen molar-refractivity contribution >= 4 is 5.78 Å². The Morgan fingerprint density at radius 1 is 1.28 bits per heavy atom. The molecule has 0 bridgehead atoms. The summed E-state index contributed by atoms with van der Waals surface area (Å²) in [7, 11) is 1.65. The molecule has 0 amide bonds. The van der Waals surface area contributed by atoms with Gasteiger partial charge in [-0.25, -0.2) is 0 Å². The molecular weight excluding hydrogens is 224 g/mol. The highest BCUT2D eigenvalue weighted by Crippen LogP contribution is 2.52. The molecule has 0 spiro atoms. The molecular formula is C16H20O2. The minimum atomic E-state index is 0.0823. The number of carbonyl (C=O) groups excluding carboxylic acids is 1. The predicted octanol–water partition coefficient (Wildman–Crippen LogP) is 3.59. The second-order valence-corrected chi connectivity index (χ2v) is 6.11. The summed E-state index contributed by atoms with van der Waals surface area (Å²) in [5, 5.41) is 0. The molecule has 96 valence electrons. The van der Waals surface area contributed by atoms with Crippen molar-refractivity contribution in [3.8, 4) is 5.75 Å². The van der Waals surface area contributed by atoms with Crippen LogP contribution in [0.15, 0.2) is 18.2 Å². The van der Waals surface area contributed by atoms with Crippen molar-refractivity contribution < 1.29 is 9.53 Å². The van der Waals surface area contributed by atoms with E-state index in [9.17, 15) is 4.79 Å². The zero-order valence-electron chi connectivity index (χ0n) is 11.3.